The van der Waals surface area contributed by atoms with Gasteiger partial charge in [0.1, 0.15) is 4.88 Å². The first-order valence-electron chi connectivity index (χ1n) is 7.28. The molecule has 0 bridgehead atoms. The minimum atomic E-state index is 0.112. The average molecular weight is 304 g/mol. The van der Waals surface area contributed by atoms with Crippen molar-refractivity contribution in [2.75, 3.05) is 13.1 Å². The van der Waals surface area contributed by atoms with Gasteiger partial charge in [0.15, 0.2) is 0 Å². The van der Waals surface area contributed by atoms with Gasteiger partial charge in [-0.2, -0.15) is 5.10 Å². The van der Waals surface area contributed by atoms with Crippen LogP contribution in [0.2, 0.25) is 0 Å². The second-order valence-corrected chi connectivity index (χ2v) is 6.54. The first-order valence-corrected chi connectivity index (χ1v) is 8.16. The zero-order chi connectivity index (χ0) is 15.0. The molecule has 0 saturated carbocycles. The van der Waals surface area contributed by atoms with E-state index < -0.39 is 0 Å². The van der Waals surface area contributed by atoms with Crippen molar-refractivity contribution in [2.24, 2.45) is 0 Å². The fourth-order valence-corrected chi connectivity index (χ4v) is 3.77. The quantitative estimate of drug-likeness (QED) is 0.857. The second-order valence-electron chi connectivity index (χ2n) is 5.69. The van der Waals surface area contributed by atoms with E-state index >= 15 is 0 Å². The molecule has 3 rings (SSSR count). The van der Waals surface area contributed by atoms with Gasteiger partial charge in [0.25, 0.3) is 5.91 Å². The Labute approximate surface area is 128 Å². The SMILES string of the molecule is Cc1cc(C)n([C@H]2CCCN(C(=O)c3scnc3C)C2)n1. The van der Waals surface area contributed by atoms with Gasteiger partial charge in [-0.15, -0.1) is 11.3 Å². The summed E-state index contributed by atoms with van der Waals surface area (Å²) in [6, 6.07) is 2.37. The maximum atomic E-state index is 12.6. The van der Waals surface area contributed by atoms with Crippen LogP contribution in [0, 0.1) is 20.8 Å². The molecular weight excluding hydrogens is 284 g/mol. The number of carbonyl (C=O) groups excluding carboxylic acids is 1. The molecule has 1 aliphatic heterocycles. The lowest BCUT2D eigenvalue weighted by molar-refractivity contribution is 0.0675. The van der Waals surface area contributed by atoms with E-state index in [1.165, 1.54) is 17.0 Å². The number of piperidine rings is 1. The summed E-state index contributed by atoms with van der Waals surface area (Å²) < 4.78 is 2.08. The fraction of sp³-hybridized carbons (Fsp3) is 0.533. The minimum Gasteiger partial charge on any atom is -0.336 e. The van der Waals surface area contributed by atoms with Crippen LogP contribution in [-0.2, 0) is 0 Å². The van der Waals surface area contributed by atoms with Gasteiger partial charge in [0.2, 0.25) is 0 Å². The third-order valence-corrected chi connectivity index (χ3v) is 4.93. The Hall–Kier alpha value is -1.69. The van der Waals surface area contributed by atoms with Crippen LogP contribution in [0.1, 0.15) is 45.6 Å². The number of hydrogen-bond donors (Lipinski definition) is 0. The van der Waals surface area contributed by atoms with Gasteiger partial charge in [-0.1, -0.05) is 0 Å². The van der Waals surface area contributed by atoms with Crippen LogP contribution >= 0.6 is 11.3 Å². The van der Waals surface area contributed by atoms with E-state index in [0.29, 0.717) is 0 Å². The topological polar surface area (TPSA) is 51.0 Å². The maximum Gasteiger partial charge on any atom is 0.265 e. The van der Waals surface area contributed by atoms with Crippen LogP contribution in [0.4, 0.5) is 0 Å². The summed E-state index contributed by atoms with van der Waals surface area (Å²) in [5, 5.41) is 4.58. The highest BCUT2D eigenvalue weighted by Gasteiger charge is 2.28. The highest BCUT2D eigenvalue weighted by Crippen LogP contribution is 2.25. The molecule has 5 nitrogen and oxygen atoms in total. The van der Waals surface area contributed by atoms with E-state index in [1.807, 2.05) is 18.7 Å². The maximum absolute atomic E-state index is 12.6. The van der Waals surface area contributed by atoms with Crippen molar-refractivity contribution >= 4 is 17.2 Å². The molecule has 112 valence electrons. The molecule has 2 aromatic rings. The number of likely N-dealkylation sites (tertiary alicyclic amines) is 1. The first kappa shape index (κ1) is 14.3. The number of thiazole rings is 1. The van der Waals surface area contributed by atoms with E-state index in [-0.39, 0.29) is 11.9 Å². The molecular formula is C15H20N4OS. The normalized spacial score (nSPS) is 19.0. The van der Waals surface area contributed by atoms with Crippen molar-refractivity contribution in [3.8, 4) is 0 Å². The molecule has 1 aliphatic rings. The molecule has 1 atom stereocenters. The molecule has 1 fully saturated rings. The van der Waals surface area contributed by atoms with Gasteiger partial charge in [0.05, 0.1) is 22.9 Å². The zero-order valence-corrected chi connectivity index (χ0v) is 13.5. The minimum absolute atomic E-state index is 0.112. The molecule has 3 heterocycles. The Balaban J connectivity index is 1.79. The summed E-state index contributed by atoms with van der Waals surface area (Å²) in [6.07, 6.45) is 2.10. The van der Waals surface area contributed by atoms with E-state index in [2.05, 4.69) is 27.8 Å². The number of hydrogen-bond acceptors (Lipinski definition) is 4. The predicted molar refractivity (Wildman–Crippen MR) is 82.7 cm³/mol. The van der Waals surface area contributed by atoms with Crippen LogP contribution in [0.15, 0.2) is 11.6 Å². The molecule has 0 aromatic carbocycles. The summed E-state index contributed by atoms with van der Waals surface area (Å²) in [5.41, 5.74) is 4.78. The highest BCUT2D eigenvalue weighted by atomic mass is 32.1. The molecule has 0 aliphatic carbocycles. The highest BCUT2D eigenvalue weighted by molar-refractivity contribution is 7.11. The molecule has 2 aromatic heterocycles. The molecule has 6 heteroatoms. The summed E-state index contributed by atoms with van der Waals surface area (Å²) in [7, 11) is 0. The number of aryl methyl sites for hydroxylation is 3. The molecule has 0 spiro atoms. The monoisotopic (exact) mass is 304 g/mol. The fourth-order valence-electron chi connectivity index (χ4n) is 3.01. The van der Waals surface area contributed by atoms with Gasteiger partial charge in [-0.05, 0) is 39.7 Å². The third-order valence-electron chi connectivity index (χ3n) is 4.01. The molecule has 21 heavy (non-hydrogen) atoms. The lowest BCUT2D eigenvalue weighted by atomic mass is 10.1. The van der Waals surface area contributed by atoms with Crippen molar-refractivity contribution in [1.29, 1.82) is 0 Å². The van der Waals surface area contributed by atoms with E-state index in [1.54, 1.807) is 5.51 Å². The van der Waals surface area contributed by atoms with Crippen LogP contribution < -0.4 is 0 Å². The van der Waals surface area contributed by atoms with Gasteiger partial charge >= 0.3 is 0 Å². The summed E-state index contributed by atoms with van der Waals surface area (Å²) >= 11 is 1.43. The van der Waals surface area contributed by atoms with Crippen LogP contribution in [0.5, 0.6) is 0 Å². The Morgan fingerprint density at radius 1 is 1.38 bits per heavy atom. The van der Waals surface area contributed by atoms with Gasteiger partial charge in [-0.3, -0.25) is 9.48 Å². The molecule has 1 amide bonds. The zero-order valence-electron chi connectivity index (χ0n) is 12.7. The first-order chi connectivity index (χ1) is 10.1. The lowest BCUT2D eigenvalue weighted by Crippen LogP contribution is -2.41. The summed E-state index contributed by atoms with van der Waals surface area (Å²) in [6.45, 7) is 7.54. The van der Waals surface area contributed by atoms with Crippen LogP contribution in [-0.4, -0.2) is 38.7 Å². The van der Waals surface area contributed by atoms with Crippen molar-refractivity contribution < 1.29 is 4.79 Å². The smallest absolute Gasteiger partial charge is 0.265 e. The molecule has 1 saturated heterocycles. The van der Waals surface area contributed by atoms with Gasteiger partial charge in [-0.25, -0.2) is 4.98 Å². The van der Waals surface area contributed by atoms with Gasteiger partial charge in [0, 0.05) is 18.8 Å². The Bertz CT molecular complexity index is 660. The van der Waals surface area contributed by atoms with E-state index in [4.69, 9.17) is 0 Å². The third kappa shape index (κ3) is 2.72. The Morgan fingerprint density at radius 3 is 2.81 bits per heavy atom. The molecule has 0 unspecified atom stereocenters. The number of amides is 1. The largest absolute Gasteiger partial charge is 0.336 e. The Morgan fingerprint density at radius 2 is 2.19 bits per heavy atom. The average Bonchev–Trinajstić information content (AvgIpc) is 3.03. The van der Waals surface area contributed by atoms with Crippen molar-refractivity contribution in [2.45, 2.75) is 39.7 Å². The number of aromatic nitrogens is 3. The molecule has 0 radical (unpaired) electrons. The van der Waals surface area contributed by atoms with Crippen molar-refractivity contribution in [1.82, 2.24) is 19.7 Å². The summed E-state index contributed by atoms with van der Waals surface area (Å²) in [5.74, 6) is 0.112. The van der Waals surface area contributed by atoms with Crippen LogP contribution in [0.3, 0.4) is 0 Å². The van der Waals surface area contributed by atoms with Crippen molar-refractivity contribution in [3.63, 3.8) is 0 Å². The van der Waals surface area contributed by atoms with Crippen LogP contribution in [0.25, 0.3) is 0 Å². The molecule has 0 N–H and O–H groups in total. The summed E-state index contributed by atoms with van der Waals surface area (Å²) in [4.78, 5) is 19.5. The predicted octanol–water partition coefficient (Wildman–Crippen LogP) is 2.74. The van der Waals surface area contributed by atoms with Crippen molar-refractivity contribution in [3.05, 3.63) is 33.5 Å². The van der Waals surface area contributed by atoms with E-state index in [0.717, 1.165) is 42.2 Å². The standard InChI is InChI=1S/C15H20N4OS/c1-10-7-11(2)19(17-10)13-5-4-6-18(8-13)15(20)14-12(3)16-9-21-14/h7,9,13H,4-6,8H2,1-3H3/t13-/m0/s1. The Kier molecular flexibility index (Phi) is 3.80. The van der Waals surface area contributed by atoms with E-state index in [9.17, 15) is 4.79 Å². The van der Waals surface area contributed by atoms with Gasteiger partial charge < -0.3 is 4.90 Å². The number of carbonyl (C=O) groups is 1. The number of rotatable bonds is 2. The second kappa shape index (κ2) is 5.60. The lowest BCUT2D eigenvalue weighted by Gasteiger charge is -2.33. The number of nitrogens with zero attached hydrogens (tertiary/aromatic N) is 4.